The van der Waals surface area contributed by atoms with Gasteiger partial charge in [0.2, 0.25) is 0 Å². The molecule has 0 spiro atoms. The van der Waals surface area contributed by atoms with Gasteiger partial charge in [-0.1, -0.05) is 104 Å². The summed E-state index contributed by atoms with van der Waals surface area (Å²) in [5.74, 6) is 0.989. The third kappa shape index (κ3) is 23.4. The van der Waals surface area contributed by atoms with Gasteiger partial charge in [0.1, 0.15) is 0 Å². The van der Waals surface area contributed by atoms with E-state index in [2.05, 4.69) is 44.5 Å². The number of nitrogens with zero attached hydrogens (tertiary/aromatic N) is 1. The first kappa shape index (κ1) is 31.5. The Hall–Kier alpha value is 0.487. The van der Waals surface area contributed by atoms with Gasteiger partial charge in [0.25, 0.3) is 0 Å². The summed E-state index contributed by atoms with van der Waals surface area (Å²) in [5.41, 5.74) is 0. The van der Waals surface area contributed by atoms with E-state index in [1.807, 2.05) is 0 Å². The van der Waals surface area contributed by atoms with Crippen molar-refractivity contribution < 1.29 is 4.43 Å². The summed E-state index contributed by atoms with van der Waals surface area (Å²) in [4.78, 5) is 2.71. The van der Waals surface area contributed by atoms with Gasteiger partial charge in [0.05, 0.1) is 0 Å². The van der Waals surface area contributed by atoms with Crippen LogP contribution in [0.4, 0.5) is 0 Å². The lowest BCUT2D eigenvalue weighted by atomic mass is 10.1. The van der Waals surface area contributed by atoms with Crippen molar-refractivity contribution in [3.63, 3.8) is 0 Å². The smallest absolute Gasteiger partial charge is 0.186 e. The van der Waals surface area contributed by atoms with Crippen molar-refractivity contribution in [2.45, 2.75) is 142 Å². The predicted molar refractivity (Wildman–Crippen MR) is 148 cm³/mol. The third-order valence-electron chi connectivity index (χ3n) is 6.49. The number of hydrogen-bond donors (Lipinski definition) is 1. The van der Waals surface area contributed by atoms with Crippen LogP contribution in [0.1, 0.15) is 123 Å². The highest BCUT2D eigenvalue weighted by atomic mass is 32.1. The van der Waals surface area contributed by atoms with Gasteiger partial charge in [-0.2, -0.15) is 12.6 Å². The zero-order valence-electron chi connectivity index (χ0n) is 22.1. The second-order valence-electron chi connectivity index (χ2n) is 10.2. The van der Waals surface area contributed by atoms with Crippen LogP contribution in [0.3, 0.4) is 0 Å². The Bertz CT molecular complexity index is 334. The Balaban J connectivity index is 4.05. The van der Waals surface area contributed by atoms with Crippen molar-refractivity contribution in [2.75, 3.05) is 32.0 Å². The fourth-order valence-corrected chi connectivity index (χ4v) is 6.57. The topological polar surface area (TPSA) is 12.5 Å². The molecule has 0 aliphatic rings. The highest BCUT2D eigenvalue weighted by Gasteiger charge is 2.21. The molecule has 0 bridgehead atoms. The molecular weight excluding hydrogens is 414 g/mol. The number of rotatable bonds is 25. The first-order chi connectivity index (χ1) is 15.1. The van der Waals surface area contributed by atoms with Gasteiger partial charge in [0.15, 0.2) is 8.32 Å². The van der Waals surface area contributed by atoms with E-state index in [0.29, 0.717) is 0 Å². The minimum atomic E-state index is -1.49. The van der Waals surface area contributed by atoms with E-state index in [1.165, 1.54) is 128 Å². The van der Waals surface area contributed by atoms with Crippen molar-refractivity contribution in [1.29, 1.82) is 0 Å². The molecule has 188 valence electrons. The van der Waals surface area contributed by atoms with Gasteiger partial charge in [-0.15, -0.1) is 0 Å². The molecule has 0 aliphatic carbocycles. The second kappa shape index (κ2) is 23.6. The van der Waals surface area contributed by atoms with E-state index >= 15 is 0 Å². The molecule has 2 nitrogen and oxygen atoms in total. The predicted octanol–water partition coefficient (Wildman–Crippen LogP) is 9.11. The fraction of sp³-hybridized carbons (Fsp3) is 1.00. The van der Waals surface area contributed by atoms with Crippen molar-refractivity contribution in [2.24, 2.45) is 0 Å². The van der Waals surface area contributed by atoms with E-state index in [-0.39, 0.29) is 0 Å². The molecule has 0 unspecified atom stereocenters. The van der Waals surface area contributed by atoms with Gasteiger partial charge >= 0.3 is 0 Å². The number of hydrogen-bond acceptors (Lipinski definition) is 3. The second-order valence-corrected chi connectivity index (χ2v) is 15.0. The summed E-state index contributed by atoms with van der Waals surface area (Å²) in [6, 6.07) is 1.24. The molecular formula is C27H59NOSSi. The van der Waals surface area contributed by atoms with E-state index in [9.17, 15) is 0 Å². The Kier molecular flexibility index (Phi) is 24.0. The minimum absolute atomic E-state index is 0.930. The quantitative estimate of drug-likeness (QED) is 0.0806. The largest absolute Gasteiger partial charge is 0.416 e. The fourth-order valence-electron chi connectivity index (χ4n) is 4.30. The molecule has 0 saturated carbocycles. The summed E-state index contributed by atoms with van der Waals surface area (Å²) >= 11 is 4.37. The summed E-state index contributed by atoms with van der Waals surface area (Å²) < 4.78 is 6.39. The third-order valence-corrected chi connectivity index (χ3v) is 9.35. The lowest BCUT2D eigenvalue weighted by molar-refractivity contribution is 0.197. The highest BCUT2D eigenvalue weighted by Crippen LogP contribution is 2.15. The average Bonchev–Trinajstić information content (AvgIpc) is 2.75. The molecule has 0 N–H and O–H groups in total. The molecule has 0 heterocycles. The molecule has 0 aromatic rings. The Morgan fingerprint density at radius 1 is 0.581 bits per heavy atom. The van der Waals surface area contributed by atoms with Crippen LogP contribution in [-0.4, -0.2) is 45.2 Å². The molecule has 4 heteroatoms. The molecule has 0 amide bonds. The average molecular weight is 474 g/mol. The van der Waals surface area contributed by atoms with Crippen LogP contribution in [0.2, 0.25) is 19.1 Å². The maximum Gasteiger partial charge on any atom is 0.186 e. The maximum absolute atomic E-state index is 6.39. The molecule has 0 radical (unpaired) electrons. The van der Waals surface area contributed by atoms with E-state index in [0.717, 1.165) is 18.9 Å². The number of thiol groups is 1. The summed E-state index contributed by atoms with van der Waals surface area (Å²) in [5, 5.41) is 0. The first-order valence-electron chi connectivity index (χ1n) is 14.0. The van der Waals surface area contributed by atoms with Crippen molar-refractivity contribution in [1.82, 2.24) is 4.90 Å². The van der Waals surface area contributed by atoms with Crippen LogP contribution in [0.25, 0.3) is 0 Å². The standard InChI is InChI=1S/C27H59NOSSi/c1-5-7-9-11-13-15-17-19-22-28(23-20-18-16-14-12-10-8-6-2)24-25-29-31(3,4)27-21-26-30/h30H,5-27H2,1-4H3. The highest BCUT2D eigenvalue weighted by molar-refractivity contribution is 7.80. The molecule has 0 rings (SSSR count). The lowest BCUT2D eigenvalue weighted by Gasteiger charge is -2.27. The normalized spacial score (nSPS) is 12.2. The van der Waals surface area contributed by atoms with Crippen LogP contribution >= 0.6 is 12.6 Å². The van der Waals surface area contributed by atoms with E-state index < -0.39 is 8.32 Å². The van der Waals surface area contributed by atoms with Crippen LogP contribution in [-0.2, 0) is 4.43 Å². The van der Waals surface area contributed by atoms with Gasteiger partial charge in [-0.3, -0.25) is 0 Å². The molecule has 0 saturated heterocycles. The molecule has 0 atom stereocenters. The Morgan fingerprint density at radius 2 is 1.00 bits per heavy atom. The molecule has 0 aromatic heterocycles. The van der Waals surface area contributed by atoms with Crippen molar-refractivity contribution >= 4 is 20.9 Å². The lowest BCUT2D eigenvalue weighted by Crippen LogP contribution is -2.36. The molecule has 0 aromatic carbocycles. The molecule has 31 heavy (non-hydrogen) atoms. The molecule has 0 aliphatic heterocycles. The summed E-state index contributed by atoms with van der Waals surface area (Å²) in [7, 11) is -1.49. The van der Waals surface area contributed by atoms with Gasteiger partial charge in [-0.05, 0) is 57.2 Å². The monoisotopic (exact) mass is 473 g/mol. The van der Waals surface area contributed by atoms with Gasteiger partial charge in [0, 0.05) is 13.2 Å². The van der Waals surface area contributed by atoms with Crippen LogP contribution in [0, 0.1) is 0 Å². The Labute approximate surface area is 204 Å². The van der Waals surface area contributed by atoms with Gasteiger partial charge < -0.3 is 9.33 Å². The minimum Gasteiger partial charge on any atom is -0.416 e. The van der Waals surface area contributed by atoms with Crippen molar-refractivity contribution in [3.05, 3.63) is 0 Å². The van der Waals surface area contributed by atoms with E-state index in [1.54, 1.807) is 0 Å². The first-order valence-corrected chi connectivity index (χ1v) is 17.8. The summed E-state index contributed by atoms with van der Waals surface area (Å²) in [6.45, 7) is 13.9. The SMILES string of the molecule is CCCCCCCCCCN(CCCCCCCCCC)CCO[Si](C)(C)CCCS. The van der Waals surface area contributed by atoms with Crippen LogP contribution < -0.4 is 0 Å². The van der Waals surface area contributed by atoms with Crippen molar-refractivity contribution in [3.8, 4) is 0 Å². The molecule has 0 fully saturated rings. The van der Waals surface area contributed by atoms with E-state index in [4.69, 9.17) is 4.43 Å². The van der Waals surface area contributed by atoms with Crippen LogP contribution in [0.15, 0.2) is 0 Å². The van der Waals surface area contributed by atoms with Crippen LogP contribution in [0.5, 0.6) is 0 Å². The summed E-state index contributed by atoms with van der Waals surface area (Å²) in [6.07, 6.45) is 23.8. The Morgan fingerprint density at radius 3 is 1.42 bits per heavy atom. The zero-order chi connectivity index (χ0) is 23.0. The maximum atomic E-state index is 6.39. The van der Waals surface area contributed by atoms with Gasteiger partial charge in [-0.25, -0.2) is 0 Å². The zero-order valence-corrected chi connectivity index (χ0v) is 24.0. The number of unbranched alkanes of at least 4 members (excludes halogenated alkanes) is 14.